The molecule has 1 aromatic carbocycles. The zero-order chi connectivity index (χ0) is 16.4. The lowest BCUT2D eigenvalue weighted by atomic mass is 10.1. The van der Waals surface area contributed by atoms with Gasteiger partial charge in [-0.25, -0.2) is 4.98 Å². The lowest BCUT2D eigenvalue weighted by Crippen LogP contribution is -2.28. The van der Waals surface area contributed by atoms with E-state index in [2.05, 4.69) is 10.3 Å². The molecule has 1 aliphatic rings. The first-order chi connectivity index (χ1) is 11.0. The van der Waals surface area contributed by atoms with Crippen LogP contribution in [0.3, 0.4) is 0 Å². The summed E-state index contributed by atoms with van der Waals surface area (Å²) < 4.78 is 0. The van der Waals surface area contributed by atoms with Crippen molar-refractivity contribution < 1.29 is 9.59 Å². The Hall–Kier alpha value is -2.69. The monoisotopic (exact) mass is 309 g/mol. The van der Waals surface area contributed by atoms with Gasteiger partial charge in [-0.2, -0.15) is 0 Å². The van der Waals surface area contributed by atoms with E-state index in [1.165, 1.54) is 0 Å². The summed E-state index contributed by atoms with van der Waals surface area (Å²) in [5.41, 5.74) is 2.78. The molecule has 118 valence electrons. The number of benzene rings is 1. The Kier molecular flexibility index (Phi) is 4.10. The average Bonchev–Trinajstić information content (AvgIpc) is 2.89. The Morgan fingerprint density at radius 2 is 2.00 bits per heavy atom. The molecule has 3 rings (SSSR count). The van der Waals surface area contributed by atoms with E-state index in [9.17, 15) is 9.59 Å². The highest BCUT2D eigenvalue weighted by atomic mass is 16.2. The molecule has 2 amide bonds. The molecular formula is C18H19N3O2. The largest absolute Gasteiger partial charge is 0.312 e. The van der Waals surface area contributed by atoms with Gasteiger partial charge in [-0.3, -0.25) is 9.59 Å². The zero-order valence-corrected chi connectivity index (χ0v) is 13.2. The minimum Gasteiger partial charge on any atom is -0.312 e. The number of amides is 2. The maximum absolute atomic E-state index is 12.4. The topological polar surface area (TPSA) is 62.3 Å². The molecule has 23 heavy (non-hydrogen) atoms. The maximum atomic E-state index is 12.4. The summed E-state index contributed by atoms with van der Waals surface area (Å²) in [6.07, 6.45) is 0.228. The molecule has 2 heterocycles. The molecule has 5 nitrogen and oxygen atoms in total. The molecule has 1 aromatic heterocycles. The van der Waals surface area contributed by atoms with Crippen LogP contribution in [-0.2, 0) is 9.59 Å². The molecule has 0 spiro atoms. The number of aryl methyl sites for hydroxylation is 2. The maximum Gasteiger partial charge on any atom is 0.230 e. The van der Waals surface area contributed by atoms with Crippen molar-refractivity contribution in [1.82, 2.24) is 4.98 Å². The molecule has 5 heteroatoms. The van der Waals surface area contributed by atoms with Crippen molar-refractivity contribution in [2.75, 3.05) is 16.8 Å². The summed E-state index contributed by atoms with van der Waals surface area (Å²) in [5.74, 6) is -0.0127. The molecule has 1 aliphatic heterocycles. The number of nitrogens with zero attached hydrogens (tertiary/aromatic N) is 2. The third-order valence-corrected chi connectivity index (χ3v) is 3.95. The van der Waals surface area contributed by atoms with Crippen molar-refractivity contribution in [2.24, 2.45) is 5.92 Å². The second-order valence-corrected chi connectivity index (χ2v) is 5.90. The molecule has 0 aliphatic carbocycles. The van der Waals surface area contributed by atoms with Crippen molar-refractivity contribution >= 4 is 23.3 Å². The highest BCUT2D eigenvalue weighted by Crippen LogP contribution is 2.26. The molecule has 1 fully saturated rings. The van der Waals surface area contributed by atoms with Gasteiger partial charge in [-0.05, 0) is 43.7 Å². The van der Waals surface area contributed by atoms with E-state index in [1.807, 2.05) is 50.2 Å². The highest BCUT2D eigenvalue weighted by Gasteiger charge is 2.35. The van der Waals surface area contributed by atoms with Gasteiger partial charge in [0, 0.05) is 24.3 Å². The number of carbonyl (C=O) groups excluding carboxylic acids is 2. The van der Waals surface area contributed by atoms with E-state index in [-0.39, 0.29) is 24.2 Å². The van der Waals surface area contributed by atoms with Gasteiger partial charge in [0.15, 0.2) is 0 Å². The van der Waals surface area contributed by atoms with E-state index in [4.69, 9.17) is 0 Å². The van der Waals surface area contributed by atoms with Crippen molar-refractivity contribution in [3.63, 3.8) is 0 Å². The number of nitrogens with one attached hydrogen (secondary N) is 1. The molecule has 1 N–H and O–H groups in total. The molecule has 2 aromatic rings. The van der Waals surface area contributed by atoms with E-state index in [0.29, 0.717) is 12.4 Å². The van der Waals surface area contributed by atoms with Crippen LogP contribution in [0.15, 0.2) is 42.5 Å². The lowest BCUT2D eigenvalue weighted by Gasteiger charge is -2.17. The van der Waals surface area contributed by atoms with Crippen LogP contribution in [0.4, 0.5) is 11.5 Å². The highest BCUT2D eigenvalue weighted by molar-refractivity contribution is 6.03. The number of carbonyl (C=O) groups is 2. The Bertz CT molecular complexity index is 757. The number of hydrogen-bond acceptors (Lipinski definition) is 3. The normalized spacial score (nSPS) is 17.4. The van der Waals surface area contributed by atoms with E-state index < -0.39 is 0 Å². The average molecular weight is 309 g/mol. The van der Waals surface area contributed by atoms with Gasteiger partial charge in [0.1, 0.15) is 5.82 Å². The van der Waals surface area contributed by atoms with Crippen LogP contribution in [-0.4, -0.2) is 23.3 Å². The van der Waals surface area contributed by atoms with Crippen LogP contribution in [0.25, 0.3) is 0 Å². The van der Waals surface area contributed by atoms with Crippen LogP contribution in [0.5, 0.6) is 0 Å². The molecule has 0 unspecified atom stereocenters. The number of anilines is 2. The van der Waals surface area contributed by atoms with Crippen molar-refractivity contribution in [3.8, 4) is 0 Å². The fourth-order valence-corrected chi connectivity index (χ4v) is 2.77. The number of rotatable bonds is 3. The second kappa shape index (κ2) is 6.20. The van der Waals surface area contributed by atoms with Gasteiger partial charge < -0.3 is 10.2 Å². The third kappa shape index (κ3) is 3.39. The fraction of sp³-hybridized carbons (Fsp3) is 0.278. The van der Waals surface area contributed by atoms with Gasteiger partial charge >= 0.3 is 0 Å². The minimum atomic E-state index is -0.356. The minimum absolute atomic E-state index is 0.0204. The molecule has 1 atom stereocenters. The number of pyridine rings is 1. The lowest BCUT2D eigenvalue weighted by molar-refractivity contribution is -0.122. The Labute approximate surface area is 135 Å². The van der Waals surface area contributed by atoms with E-state index >= 15 is 0 Å². The first kappa shape index (κ1) is 15.2. The van der Waals surface area contributed by atoms with E-state index in [0.717, 1.165) is 16.9 Å². The smallest absolute Gasteiger partial charge is 0.230 e. The summed E-state index contributed by atoms with van der Waals surface area (Å²) in [6, 6.07) is 13.2. The van der Waals surface area contributed by atoms with E-state index in [1.54, 1.807) is 11.0 Å². The SMILES string of the molecule is Cc1cccc(N2C[C@H](C(=O)Nc3cccc(C)n3)CC2=O)c1. The fourth-order valence-electron chi connectivity index (χ4n) is 2.77. The van der Waals surface area contributed by atoms with Gasteiger partial charge in [-0.1, -0.05) is 18.2 Å². The molecule has 0 radical (unpaired) electrons. The first-order valence-corrected chi connectivity index (χ1v) is 7.64. The van der Waals surface area contributed by atoms with Crippen molar-refractivity contribution in [3.05, 3.63) is 53.7 Å². The van der Waals surface area contributed by atoms with Crippen LogP contribution < -0.4 is 10.2 Å². The standard InChI is InChI=1S/C18H19N3O2/c1-12-5-3-7-15(9-12)21-11-14(10-17(21)22)18(23)20-16-8-4-6-13(2)19-16/h3-9,14H,10-11H2,1-2H3,(H,19,20,23)/t14-/m1/s1. The van der Waals surface area contributed by atoms with Gasteiger partial charge in [0.25, 0.3) is 0 Å². The summed E-state index contributed by atoms with van der Waals surface area (Å²) >= 11 is 0. The summed E-state index contributed by atoms with van der Waals surface area (Å²) in [4.78, 5) is 30.6. The third-order valence-electron chi connectivity index (χ3n) is 3.95. The Morgan fingerprint density at radius 1 is 1.22 bits per heavy atom. The van der Waals surface area contributed by atoms with Crippen molar-refractivity contribution in [1.29, 1.82) is 0 Å². The Balaban J connectivity index is 1.70. The zero-order valence-electron chi connectivity index (χ0n) is 13.2. The molecule has 1 saturated heterocycles. The summed E-state index contributed by atoms with van der Waals surface area (Å²) in [7, 11) is 0. The van der Waals surface area contributed by atoms with Crippen LogP contribution in [0, 0.1) is 19.8 Å². The number of aromatic nitrogens is 1. The Morgan fingerprint density at radius 3 is 2.74 bits per heavy atom. The van der Waals surface area contributed by atoms with Crippen molar-refractivity contribution in [2.45, 2.75) is 20.3 Å². The predicted molar refractivity (Wildman–Crippen MR) is 89.2 cm³/mol. The molecular weight excluding hydrogens is 290 g/mol. The van der Waals surface area contributed by atoms with Crippen LogP contribution in [0.1, 0.15) is 17.7 Å². The number of hydrogen-bond donors (Lipinski definition) is 1. The van der Waals surface area contributed by atoms with Gasteiger partial charge in [0.05, 0.1) is 5.92 Å². The molecule has 0 bridgehead atoms. The first-order valence-electron chi connectivity index (χ1n) is 7.64. The summed E-state index contributed by atoms with van der Waals surface area (Å²) in [5, 5.41) is 2.80. The van der Waals surface area contributed by atoms with Crippen LogP contribution in [0.2, 0.25) is 0 Å². The predicted octanol–water partition coefficient (Wildman–Crippen LogP) is 2.69. The molecule has 0 saturated carbocycles. The quantitative estimate of drug-likeness (QED) is 0.948. The van der Waals surface area contributed by atoms with Gasteiger partial charge in [0.2, 0.25) is 11.8 Å². The van der Waals surface area contributed by atoms with Crippen LogP contribution >= 0.6 is 0 Å². The summed E-state index contributed by atoms with van der Waals surface area (Å²) in [6.45, 7) is 4.26. The second-order valence-electron chi connectivity index (χ2n) is 5.90. The van der Waals surface area contributed by atoms with Gasteiger partial charge in [-0.15, -0.1) is 0 Å².